The molecule has 0 spiro atoms. The molecule has 132 valence electrons. The van der Waals surface area contributed by atoms with Crippen LogP contribution in [0.15, 0.2) is 36.9 Å². The van der Waals surface area contributed by atoms with Crippen LogP contribution in [0.2, 0.25) is 0 Å². The van der Waals surface area contributed by atoms with Gasteiger partial charge in [0.2, 0.25) is 10.0 Å². The third-order valence-electron chi connectivity index (χ3n) is 3.03. The van der Waals surface area contributed by atoms with Gasteiger partial charge in [0.1, 0.15) is 12.6 Å². The highest BCUT2D eigenvalue weighted by atomic mass is 32.2. The minimum Gasteiger partial charge on any atom is -0.478 e. The van der Waals surface area contributed by atoms with Crippen molar-refractivity contribution in [2.75, 3.05) is 23.8 Å². The van der Waals surface area contributed by atoms with Crippen molar-refractivity contribution < 1.29 is 33.0 Å². The second kappa shape index (κ2) is 8.46. The number of nitrogens with zero attached hydrogens (tertiary/aromatic N) is 1. The van der Waals surface area contributed by atoms with Crippen LogP contribution in [0.3, 0.4) is 0 Å². The number of hydrogen-bond acceptors (Lipinski definition) is 6. The summed E-state index contributed by atoms with van der Waals surface area (Å²) >= 11 is 0. The highest BCUT2D eigenvalue weighted by molar-refractivity contribution is 7.92. The molecule has 1 unspecified atom stereocenters. The molecule has 9 heteroatoms. The number of aliphatic hydroxyl groups excluding tert-OH is 1. The first-order chi connectivity index (χ1) is 11.2. The lowest BCUT2D eigenvalue weighted by Crippen LogP contribution is -2.46. The standard InChI is InChI=1S/C15H19NO7S/c1-3-10-23-15(20)13(8-9-17)16(24(2,21)22)12-6-4-11(5-7-12)14(18)19/h3-7,13,17H,1,8-10H2,2H3,(H,18,19). The van der Waals surface area contributed by atoms with E-state index in [1.165, 1.54) is 30.3 Å². The first-order valence-electron chi connectivity index (χ1n) is 6.93. The molecule has 1 aromatic carbocycles. The van der Waals surface area contributed by atoms with Gasteiger partial charge in [-0.05, 0) is 24.3 Å². The van der Waals surface area contributed by atoms with Gasteiger partial charge in [-0.25, -0.2) is 18.0 Å². The topological polar surface area (TPSA) is 121 Å². The van der Waals surface area contributed by atoms with E-state index >= 15 is 0 Å². The number of esters is 1. The van der Waals surface area contributed by atoms with Gasteiger partial charge in [-0.2, -0.15) is 0 Å². The Morgan fingerprint density at radius 1 is 1.33 bits per heavy atom. The molecule has 1 atom stereocenters. The molecule has 0 saturated carbocycles. The smallest absolute Gasteiger partial charge is 0.335 e. The summed E-state index contributed by atoms with van der Waals surface area (Å²) in [6, 6.07) is 3.72. The van der Waals surface area contributed by atoms with E-state index in [9.17, 15) is 18.0 Å². The van der Waals surface area contributed by atoms with Crippen LogP contribution in [0.1, 0.15) is 16.8 Å². The van der Waals surface area contributed by atoms with Crippen LogP contribution in [0, 0.1) is 0 Å². The molecule has 0 saturated heterocycles. The third-order valence-corrected chi connectivity index (χ3v) is 4.21. The Bertz CT molecular complexity index is 697. The molecule has 0 fully saturated rings. The van der Waals surface area contributed by atoms with Gasteiger partial charge in [0.15, 0.2) is 0 Å². The van der Waals surface area contributed by atoms with Gasteiger partial charge in [0.05, 0.1) is 17.5 Å². The average Bonchev–Trinajstić information content (AvgIpc) is 2.51. The van der Waals surface area contributed by atoms with Crippen molar-refractivity contribution in [2.24, 2.45) is 0 Å². The number of ether oxygens (including phenoxy) is 1. The van der Waals surface area contributed by atoms with Crippen LogP contribution < -0.4 is 4.31 Å². The fourth-order valence-corrected chi connectivity index (χ4v) is 3.20. The van der Waals surface area contributed by atoms with Crippen LogP contribution in [0.5, 0.6) is 0 Å². The molecule has 8 nitrogen and oxygen atoms in total. The fourth-order valence-electron chi connectivity index (χ4n) is 2.04. The van der Waals surface area contributed by atoms with Gasteiger partial charge in [0.25, 0.3) is 0 Å². The van der Waals surface area contributed by atoms with E-state index in [1.807, 2.05) is 0 Å². The zero-order chi connectivity index (χ0) is 18.3. The predicted octanol–water partition coefficient (Wildman–Crippen LogP) is 0.631. The Hall–Kier alpha value is -2.39. The van der Waals surface area contributed by atoms with E-state index in [1.54, 1.807) is 0 Å². The summed E-state index contributed by atoms with van der Waals surface area (Å²) in [6.07, 6.45) is 2.06. The van der Waals surface area contributed by atoms with Crippen LogP contribution in [0.25, 0.3) is 0 Å². The van der Waals surface area contributed by atoms with Gasteiger partial charge in [-0.15, -0.1) is 0 Å². The first-order valence-corrected chi connectivity index (χ1v) is 8.78. The number of rotatable bonds is 9. The number of benzene rings is 1. The molecule has 0 heterocycles. The highest BCUT2D eigenvalue weighted by Gasteiger charge is 2.33. The van der Waals surface area contributed by atoms with E-state index in [0.717, 1.165) is 10.6 Å². The number of carboxylic acids is 1. The monoisotopic (exact) mass is 357 g/mol. The van der Waals surface area contributed by atoms with Crippen molar-refractivity contribution in [3.05, 3.63) is 42.5 Å². The van der Waals surface area contributed by atoms with Crippen molar-refractivity contribution in [1.82, 2.24) is 0 Å². The summed E-state index contributed by atoms with van der Waals surface area (Å²) in [5.74, 6) is -2.00. The summed E-state index contributed by atoms with van der Waals surface area (Å²) in [5.41, 5.74) is 0.0663. The third kappa shape index (κ3) is 5.07. The Morgan fingerprint density at radius 2 is 1.92 bits per heavy atom. The molecule has 1 rings (SSSR count). The number of aliphatic hydroxyl groups is 1. The Morgan fingerprint density at radius 3 is 2.33 bits per heavy atom. The van der Waals surface area contributed by atoms with E-state index in [0.29, 0.717) is 0 Å². The summed E-state index contributed by atoms with van der Waals surface area (Å²) in [4.78, 5) is 23.0. The number of carbonyl (C=O) groups is 2. The molecule has 0 bridgehead atoms. The molecule has 0 aliphatic rings. The zero-order valence-electron chi connectivity index (χ0n) is 13.1. The lowest BCUT2D eigenvalue weighted by atomic mass is 10.1. The maximum Gasteiger partial charge on any atom is 0.335 e. The van der Waals surface area contributed by atoms with E-state index < -0.39 is 34.6 Å². The fraction of sp³-hybridized carbons (Fsp3) is 0.333. The number of hydrogen-bond donors (Lipinski definition) is 2. The maximum absolute atomic E-state index is 12.1. The van der Waals surface area contributed by atoms with Gasteiger partial charge in [-0.3, -0.25) is 4.31 Å². The van der Waals surface area contributed by atoms with E-state index in [2.05, 4.69) is 6.58 Å². The summed E-state index contributed by atoms with van der Waals surface area (Å²) < 4.78 is 30.0. The van der Waals surface area contributed by atoms with Gasteiger partial charge in [-0.1, -0.05) is 12.7 Å². The molecule has 0 aromatic heterocycles. The summed E-state index contributed by atoms with van der Waals surface area (Å²) in [5, 5.41) is 18.1. The molecule has 0 radical (unpaired) electrons. The minimum atomic E-state index is -3.89. The highest BCUT2D eigenvalue weighted by Crippen LogP contribution is 2.23. The largest absolute Gasteiger partial charge is 0.478 e. The summed E-state index contributed by atoms with van der Waals surface area (Å²) in [7, 11) is -3.89. The Labute approximate surface area is 140 Å². The van der Waals surface area contributed by atoms with Crippen LogP contribution >= 0.6 is 0 Å². The van der Waals surface area contributed by atoms with Crippen molar-refractivity contribution in [3.8, 4) is 0 Å². The SMILES string of the molecule is C=CCOC(=O)C(CCO)N(c1ccc(C(=O)O)cc1)S(C)(=O)=O. The average molecular weight is 357 g/mol. The van der Waals surface area contributed by atoms with Gasteiger partial charge >= 0.3 is 11.9 Å². The molecular formula is C15H19NO7S. The molecular weight excluding hydrogens is 338 g/mol. The molecule has 0 amide bonds. The van der Waals surface area contributed by atoms with Crippen molar-refractivity contribution >= 4 is 27.6 Å². The van der Waals surface area contributed by atoms with E-state index in [-0.39, 0.29) is 24.3 Å². The molecule has 1 aromatic rings. The normalized spacial score (nSPS) is 12.2. The van der Waals surface area contributed by atoms with Crippen LogP contribution in [-0.4, -0.2) is 56.1 Å². The lowest BCUT2D eigenvalue weighted by Gasteiger charge is -2.29. The molecule has 24 heavy (non-hydrogen) atoms. The second-order valence-corrected chi connectivity index (χ2v) is 6.72. The molecule has 2 N–H and O–H groups in total. The van der Waals surface area contributed by atoms with E-state index in [4.69, 9.17) is 14.9 Å². The summed E-state index contributed by atoms with van der Waals surface area (Å²) in [6.45, 7) is 2.86. The quantitative estimate of drug-likeness (QED) is 0.491. The Balaban J connectivity index is 3.29. The van der Waals surface area contributed by atoms with Crippen LogP contribution in [0.4, 0.5) is 5.69 Å². The number of aromatic carboxylic acids is 1. The maximum atomic E-state index is 12.1. The van der Waals surface area contributed by atoms with Crippen molar-refractivity contribution in [2.45, 2.75) is 12.5 Å². The number of carbonyl (C=O) groups excluding carboxylic acids is 1. The van der Waals surface area contributed by atoms with Crippen molar-refractivity contribution in [3.63, 3.8) is 0 Å². The lowest BCUT2D eigenvalue weighted by molar-refractivity contribution is -0.144. The first kappa shape index (κ1) is 19.7. The number of anilines is 1. The van der Waals surface area contributed by atoms with Gasteiger partial charge < -0.3 is 14.9 Å². The van der Waals surface area contributed by atoms with Crippen molar-refractivity contribution in [1.29, 1.82) is 0 Å². The second-order valence-electron chi connectivity index (χ2n) is 4.86. The predicted molar refractivity (Wildman–Crippen MR) is 87.4 cm³/mol. The van der Waals surface area contributed by atoms with Gasteiger partial charge in [0, 0.05) is 13.0 Å². The van der Waals surface area contributed by atoms with Crippen LogP contribution in [-0.2, 0) is 19.6 Å². The Kier molecular flexibility index (Phi) is 6.93. The molecule has 0 aliphatic carbocycles. The molecule has 0 aliphatic heterocycles. The number of sulfonamides is 1. The minimum absolute atomic E-state index is 0.0276. The number of carboxylic acid groups (broad SMARTS) is 1. The zero-order valence-corrected chi connectivity index (χ0v) is 13.9.